The number of nitrogens with zero attached hydrogens (tertiary/aromatic N) is 1. The Morgan fingerprint density at radius 1 is 1.18 bits per heavy atom. The Morgan fingerprint density at radius 3 is 2.54 bits per heavy atom. The lowest BCUT2D eigenvalue weighted by Crippen LogP contribution is -2.24. The van der Waals surface area contributed by atoms with Gasteiger partial charge in [0.25, 0.3) is 5.91 Å². The Hall–Kier alpha value is -2.93. The van der Waals surface area contributed by atoms with Gasteiger partial charge in [0.1, 0.15) is 5.82 Å². The minimum absolute atomic E-state index is 0.0138. The topological polar surface area (TPSA) is 71.3 Å². The molecule has 0 saturated carbocycles. The largest absolute Gasteiger partial charge is 0.505 e. The van der Waals surface area contributed by atoms with Gasteiger partial charge in [0, 0.05) is 29.3 Å². The van der Waals surface area contributed by atoms with Crippen LogP contribution >= 0.6 is 11.6 Å². The third-order valence-corrected chi connectivity index (χ3v) is 4.79. The SMILES string of the molecule is CCNC(=O)Cc1c(C)n(C(=O)c2ccc(Cl)c(F)c2)c2cc(F)c(O)cc12. The predicted molar refractivity (Wildman–Crippen MR) is 102 cm³/mol. The molecule has 0 saturated heterocycles. The minimum Gasteiger partial charge on any atom is -0.505 e. The first-order valence-corrected chi connectivity index (χ1v) is 8.91. The van der Waals surface area contributed by atoms with Crippen LogP contribution in [0.2, 0.25) is 5.02 Å². The van der Waals surface area contributed by atoms with E-state index in [1.165, 1.54) is 22.8 Å². The molecule has 3 rings (SSSR count). The predicted octanol–water partition coefficient (Wildman–Crippen LogP) is 3.95. The van der Waals surface area contributed by atoms with Crippen LogP contribution in [-0.2, 0) is 11.2 Å². The molecular formula is C20H17ClF2N2O3. The molecule has 0 aliphatic rings. The molecule has 2 N–H and O–H groups in total. The van der Waals surface area contributed by atoms with E-state index in [-0.39, 0.29) is 28.4 Å². The second-order valence-electron chi connectivity index (χ2n) is 6.28. The smallest absolute Gasteiger partial charge is 0.262 e. The number of hydrogen-bond donors (Lipinski definition) is 2. The van der Waals surface area contributed by atoms with Crippen molar-refractivity contribution in [3.05, 3.63) is 63.8 Å². The van der Waals surface area contributed by atoms with E-state index in [0.717, 1.165) is 12.1 Å². The molecule has 0 bridgehead atoms. The van der Waals surface area contributed by atoms with Gasteiger partial charge in [0.15, 0.2) is 11.6 Å². The van der Waals surface area contributed by atoms with Gasteiger partial charge in [-0.15, -0.1) is 0 Å². The summed E-state index contributed by atoms with van der Waals surface area (Å²) in [5, 5.41) is 12.7. The highest BCUT2D eigenvalue weighted by molar-refractivity contribution is 6.30. The Balaban J connectivity index is 2.22. The Bertz CT molecular complexity index is 1110. The van der Waals surface area contributed by atoms with E-state index in [2.05, 4.69) is 5.32 Å². The van der Waals surface area contributed by atoms with Crippen molar-refractivity contribution in [3.8, 4) is 5.75 Å². The molecule has 8 heteroatoms. The fraction of sp³-hybridized carbons (Fsp3) is 0.200. The molecule has 1 heterocycles. The number of carbonyl (C=O) groups is 2. The summed E-state index contributed by atoms with van der Waals surface area (Å²) in [4.78, 5) is 25.1. The molecule has 3 aromatic rings. The molecule has 0 fully saturated rings. The highest BCUT2D eigenvalue weighted by Crippen LogP contribution is 2.32. The van der Waals surface area contributed by atoms with Gasteiger partial charge >= 0.3 is 0 Å². The maximum absolute atomic E-state index is 14.0. The number of phenols is 1. The molecule has 0 atom stereocenters. The number of aromatic hydroxyl groups is 1. The second-order valence-corrected chi connectivity index (χ2v) is 6.69. The molecule has 0 aliphatic carbocycles. The number of hydrogen-bond acceptors (Lipinski definition) is 3. The van der Waals surface area contributed by atoms with Crippen molar-refractivity contribution >= 4 is 34.3 Å². The molecule has 146 valence electrons. The summed E-state index contributed by atoms with van der Waals surface area (Å²) in [6, 6.07) is 5.81. The molecule has 0 radical (unpaired) electrons. The molecule has 28 heavy (non-hydrogen) atoms. The number of nitrogens with one attached hydrogen (secondary N) is 1. The number of halogens is 3. The average Bonchev–Trinajstić information content (AvgIpc) is 2.89. The zero-order valence-corrected chi connectivity index (χ0v) is 15.9. The number of likely N-dealkylation sites (N-methyl/N-ethyl adjacent to an activating group) is 1. The van der Waals surface area contributed by atoms with Gasteiger partial charge in [0.2, 0.25) is 5.91 Å². The third-order valence-electron chi connectivity index (χ3n) is 4.48. The third kappa shape index (κ3) is 3.45. The Kier molecular flexibility index (Phi) is 5.38. The van der Waals surface area contributed by atoms with E-state index in [0.29, 0.717) is 23.2 Å². The van der Waals surface area contributed by atoms with Crippen molar-refractivity contribution in [1.82, 2.24) is 9.88 Å². The van der Waals surface area contributed by atoms with Crippen LogP contribution in [0.3, 0.4) is 0 Å². The van der Waals surface area contributed by atoms with Crippen LogP contribution in [-0.4, -0.2) is 28.0 Å². The van der Waals surface area contributed by atoms with Crippen LogP contribution in [0, 0.1) is 18.6 Å². The monoisotopic (exact) mass is 406 g/mol. The summed E-state index contributed by atoms with van der Waals surface area (Å²) < 4.78 is 29.0. The molecule has 1 aromatic heterocycles. The molecule has 0 spiro atoms. The second kappa shape index (κ2) is 7.59. The van der Waals surface area contributed by atoms with Gasteiger partial charge in [0.05, 0.1) is 17.0 Å². The van der Waals surface area contributed by atoms with E-state index < -0.39 is 23.3 Å². The van der Waals surface area contributed by atoms with Crippen molar-refractivity contribution < 1.29 is 23.5 Å². The lowest BCUT2D eigenvalue weighted by atomic mass is 10.1. The Labute approximate surface area is 164 Å². The number of aromatic nitrogens is 1. The number of fused-ring (bicyclic) bond motifs is 1. The van der Waals surface area contributed by atoms with Gasteiger partial charge < -0.3 is 10.4 Å². The fourth-order valence-electron chi connectivity index (χ4n) is 3.15. The van der Waals surface area contributed by atoms with Crippen molar-refractivity contribution in [1.29, 1.82) is 0 Å². The number of phenolic OH excluding ortho intramolecular Hbond substituents is 1. The quantitative estimate of drug-likeness (QED) is 0.689. The van der Waals surface area contributed by atoms with Gasteiger partial charge in [-0.2, -0.15) is 0 Å². The van der Waals surface area contributed by atoms with E-state index in [1.807, 2.05) is 0 Å². The lowest BCUT2D eigenvalue weighted by Gasteiger charge is -2.08. The Morgan fingerprint density at radius 2 is 1.89 bits per heavy atom. The minimum atomic E-state index is -0.911. The van der Waals surface area contributed by atoms with Crippen LogP contribution in [0.25, 0.3) is 10.9 Å². The first kappa shape index (κ1) is 19.8. The highest BCUT2D eigenvalue weighted by Gasteiger charge is 2.23. The summed E-state index contributed by atoms with van der Waals surface area (Å²) in [6.45, 7) is 3.81. The summed E-state index contributed by atoms with van der Waals surface area (Å²) in [5.41, 5.74) is 1.05. The molecule has 1 amide bonds. The molecule has 2 aromatic carbocycles. The van der Waals surface area contributed by atoms with Crippen molar-refractivity contribution in [2.75, 3.05) is 6.54 Å². The van der Waals surface area contributed by atoms with E-state index in [9.17, 15) is 23.5 Å². The summed E-state index contributed by atoms with van der Waals surface area (Å²) in [6.07, 6.45) is -0.0590. The standard InChI is InChI=1S/C20H17ClF2N2O3/c1-3-24-19(27)8-12-10(2)25(17-9-16(23)18(26)7-13(12)17)20(28)11-4-5-14(21)15(22)6-11/h4-7,9,26H,3,8H2,1-2H3,(H,24,27). The normalized spacial score (nSPS) is 11.0. The summed E-state index contributed by atoms with van der Waals surface area (Å²) in [5.74, 6) is -3.14. The molecule has 5 nitrogen and oxygen atoms in total. The van der Waals surface area contributed by atoms with Crippen molar-refractivity contribution in [3.63, 3.8) is 0 Å². The van der Waals surface area contributed by atoms with Gasteiger partial charge in [-0.1, -0.05) is 11.6 Å². The maximum Gasteiger partial charge on any atom is 0.262 e. The van der Waals surface area contributed by atoms with Crippen LogP contribution in [0.15, 0.2) is 30.3 Å². The van der Waals surface area contributed by atoms with Gasteiger partial charge in [-0.25, -0.2) is 8.78 Å². The number of amides is 1. The van der Waals surface area contributed by atoms with Crippen LogP contribution < -0.4 is 5.32 Å². The summed E-state index contributed by atoms with van der Waals surface area (Å²) in [7, 11) is 0. The first-order valence-electron chi connectivity index (χ1n) is 8.53. The van der Waals surface area contributed by atoms with Crippen LogP contribution in [0.4, 0.5) is 8.78 Å². The number of carbonyl (C=O) groups excluding carboxylic acids is 2. The van der Waals surface area contributed by atoms with Crippen LogP contribution in [0.1, 0.15) is 28.5 Å². The molecule has 0 unspecified atom stereocenters. The number of rotatable bonds is 4. The maximum atomic E-state index is 14.0. The molecule has 0 aliphatic heterocycles. The average molecular weight is 407 g/mol. The summed E-state index contributed by atoms with van der Waals surface area (Å²) >= 11 is 5.67. The van der Waals surface area contributed by atoms with Gasteiger partial charge in [-0.3, -0.25) is 14.2 Å². The van der Waals surface area contributed by atoms with Gasteiger partial charge in [-0.05, 0) is 43.7 Å². The number of benzene rings is 2. The molecular weight excluding hydrogens is 390 g/mol. The van der Waals surface area contributed by atoms with Crippen molar-refractivity contribution in [2.45, 2.75) is 20.3 Å². The highest BCUT2D eigenvalue weighted by atomic mass is 35.5. The van der Waals surface area contributed by atoms with E-state index >= 15 is 0 Å². The van der Waals surface area contributed by atoms with Crippen molar-refractivity contribution in [2.24, 2.45) is 0 Å². The van der Waals surface area contributed by atoms with E-state index in [1.54, 1.807) is 13.8 Å². The zero-order chi connectivity index (χ0) is 20.6. The lowest BCUT2D eigenvalue weighted by molar-refractivity contribution is -0.120. The fourth-order valence-corrected chi connectivity index (χ4v) is 3.27. The zero-order valence-electron chi connectivity index (χ0n) is 15.1. The first-order chi connectivity index (χ1) is 13.2. The van der Waals surface area contributed by atoms with Crippen LogP contribution in [0.5, 0.6) is 5.75 Å². The van der Waals surface area contributed by atoms with E-state index in [4.69, 9.17) is 11.6 Å².